The zero-order valence-corrected chi connectivity index (χ0v) is 9.81. The highest BCUT2D eigenvalue weighted by molar-refractivity contribution is 7.86. The van der Waals surface area contributed by atoms with E-state index < -0.39 is 10.2 Å². The van der Waals surface area contributed by atoms with Crippen LogP contribution in [0.15, 0.2) is 17.5 Å². The van der Waals surface area contributed by atoms with Crippen LogP contribution in [0, 0.1) is 0 Å². The maximum atomic E-state index is 11.2. The van der Waals surface area contributed by atoms with E-state index in [0.29, 0.717) is 6.54 Å². The van der Waals surface area contributed by atoms with Crippen LogP contribution in [0.3, 0.4) is 0 Å². The number of hydrogen-bond acceptors (Lipinski definition) is 3. The second kappa shape index (κ2) is 4.39. The Labute approximate surface area is 88.5 Å². The lowest BCUT2D eigenvalue weighted by Gasteiger charge is -2.22. The molecule has 0 aromatic carbocycles. The van der Waals surface area contributed by atoms with Gasteiger partial charge in [0, 0.05) is 17.5 Å². The number of nitrogens with zero attached hydrogens (tertiary/aromatic N) is 1. The van der Waals surface area contributed by atoms with Crippen molar-refractivity contribution in [2.45, 2.75) is 26.4 Å². The normalized spacial score (nSPS) is 12.6. The molecule has 0 saturated carbocycles. The molecular formula is C8H14N2O2S2. The third-order valence-corrected chi connectivity index (χ3v) is 3.86. The molecule has 0 aliphatic carbocycles. The van der Waals surface area contributed by atoms with Gasteiger partial charge in [-0.3, -0.25) is 0 Å². The third-order valence-electron chi connectivity index (χ3n) is 1.79. The molecule has 1 aromatic heterocycles. The Morgan fingerprint density at radius 1 is 1.57 bits per heavy atom. The van der Waals surface area contributed by atoms with E-state index in [2.05, 4.69) is 0 Å². The Morgan fingerprint density at radius 2 is 2.21 bits per heavy atom. The van der Waals surface area contributed by atoms with Crippen molar-refractivity contribution in [1.82, 2.24) is 4.31 Å². The fourth-order valence-corrected chi connectivity index (χ4v) is 2.81. The molecule has 0 fully saturated rings. The smallest absolute Gasteiger partial charge is 0.216 e. The molecule has 0 bridgehead atoms. The van der Waals surface area contributed by atoms with Crippen LogP contribution in [0.5, 0.6) is 0 Å². The lowest BCUT2D eigenvalue weighted by Crippen LogP contribution is -2.40. The molecule has 0 saturated heterocycles. The van der Waals surface area contributed by atoms with Crippen molar-refractivity contribution in [3.05, 3.63) is 22.4 Å². The predicted octanol–water partition coefficient (Wildman–Crippen LogP) is 1.16. The van der Waals surface area contributed by atoms with Gasteiger partial charge in [0.05, 0.1) is 0 Å². The average Bonchev–Trinajstić information content (AvgIpc) is 2.48. The van der Waals surface area contributed by atoms with Crippen molar-refractivity contribution in [1.29, 1.82) is 0 Å². The molecular weight excluding hydrogens is 220 g/mol. The first-order valence-corrected chi connectivity index (χ1v) is 6.61. The van der Waals surface area contributed by atoms with Crippen molar-refractivity contribution in [3.63, 3.8) is 0 Å². The van der Waals surface area contributed by atoms with Gasteiger partial charge >= 0.3 is 0 Å². The highest BCUT2D eigenvalue weighted by Gasteiger charge is 2.21. The topological polar surface area (TPSA) is 63.4 Å². The Balaban J connectivity index is 2.82. The summed E-state index contributed by atoms with van der Waals surface area (Å²) in [5.74, 6) is 0. The predicted molar refractivity (Wildman–Crippen MR) is 58.1 cm³/mol. The van der Waals surface area contributed by atoms with Gasteiger partial charge in [-0.15, -0.1) is 11.3 Å². The first-order chi connectivity index (χ1) is 6.41. The minimum atomic E-state index is -3.60. The molecule has 4 nitrogen and oxygen atoms in total. The first-order valence-electron chi connectivity index (χ1n) is 4.23. The summed E-state index contributed by atoms with van der Waals surface area (Å²) >= 11 is 1.52. The summed E-state index contributed by atoms with van der Waals surface area (Å²) in [5.41, 5.74) is 0. The molecule has 0 aliphatic rings. The van der Waals surface area contributed by atoms with E-state index in [-0.39, 0.29) is 6.04 Å². The quantitative estimate of drug-likeness (QED) is 0.849. The van der Waals surface area contributed by atoms with Crippen molar-refractivity contribution in [2.24, 2.45) is 5.14 Å². The summed E-state index contributed by atoms with van der Waals surface area (Å²) in [6.07, 6.45) is 0. The van der Waals surface area contributed by atoms with Crippen LogP contribution in [0.25, 0.3) is 0 Å². The molecule has 0 aliphatic heterocycles. The van der Waals surface area contributed by atoms with Crippen LogP contribution in [-0.4, -0.2) is 18.8 Å². The third kappa shape index (κ3) is 3.06. The van der Waals surface area contributed by atoms with Gasteiger partial charge in [0.1, 0.15) is 0 Å². The molecule has 0 radical (unpaired) electrons. The standard InChI is InChI=1S/C8H14N2O2S2/c1-7(2)10(14(9,11)12)6-8-4-3-5-13-8/h3-5,7H,6H2,1-2H3,(H2,9,11,12). The molecule has 6 heteroatoms. The molecule has 80 valence electrons. The number of rotatable bonds is 4. The monoisotopic (exact) mass is 234 g/mol. The van der Waals surface area contributed by atoms with E-state index in [1.807, 2.05) is 17.5 Å². The van der Waals surface area contributed by atoms with E-state index in [1.54, 1.807) is 13.8 Å². The van der Waals surface area contributed by atoms with Gasteiger partial charge in [-0.05, 0) is 25.3 Å². The summed E-state index contributed by atoms with van der Waals surface area (Å²) < 4.78 is 23.7. The Bertz CT molecular complexity index is 370. The Kier molecular flexibility index (Phi) is 3.65. The Hall–Kier alpha value is -0.430. The summed E-state index contributed by atoms with van der Waals surface area (Å²) in [6, 6.07) is 3.67. The second-order valence-corrected chi connectivity index (χ2v) is 5.79. The maximum Gasteiger partial charge on any atom is 0.277 e. The number of hydrogen-bond donors (Lipinski definition) is 1. The van der Waals surface area contributed by atoms with E-state index in [1.165, 1.54) is 15.6 Å². The highest BCUT2D eigenvalue weighted by atomic mass is 32.2. The van der Waals surface area contributed by atoms with Crippen LogP contribution in [0.1, 0.15) is 18.7 Å². The fourth-order valence-electron chi connectivity index (χ4n) is 1.12. The van der Waals surface area contributed by atoms with Crippen molar-refractivity contribution in [3.8, 4) is 0 Å². The minimum absolute atomic E-state index is 0.118. The zero-order chi connectivity index (χ0) is 10.8. The zero-order valence-electron chi connectivity index (χ0n) is 8.17. The minimum Gasteiger partial charge on any atom is -0.216 e. The van der Waals surface area contributed by atoms with Gasteiger partial charge in [0.15, 0.2) is 0 Å². The molecule has 0 unspecified atom stereocenters. The molecule has 1 heterocycles. The van der Waals surface area contributed by atoms with Crippen LogP contribution in [0.2, 0.25) is 0 Å². The molecule has 1 aromatic rings. The van der Waals surface area contributed by atoms with Crippen molar-refractivity contribution >= 4 is 21.5 Å². The van der Waals surface area contributed by atoms with E-state index in [4.69, 9.17) is 5.14 Å². The van der Waals surface area contributed by atoms with Gasteiger partial charge in [0.2, 0.25) is 0 Å². The SMILES string of the molecule is CC(C)N(Cc1cccs1)S(N)(=O)=O. The van der Waals surface area contributed by atoms with Crippen LogP contribution < -0.4 is 5.14 Å². The maximum absolute atomic E-state index is 11.2. The molecule has 14 heavy (non-hydrogen) atoms. The van der Waals surface area contributed by atoms with E-state index in [0.717, 1.165) is 4.88 Å². The average molecular weight is 234 g/mol. The Morgan fingerprint density at radius 3 is 2.57 bits per heavy atom. The van der Waals surface area contributed by atoms with Gasteiger partial charge in [-0.1, -0.05) is 6.07 Å². The lowest BCUT2D eigenvalue weighted by molar-refractivity contribution is 0.351. The molecule has 0 atom stereocenters. The van der Waals surface area contributed by atoms with Gasteiger partial charge in [-0.2, -0.15) is 12.7 Å². The van der Waals surface area contributed by atoms with Crippen molar-refractivity contribution < 1.29 is 8.42 Å². The molecule has 0 spiro atoms. The molecule has 1 rings (SSSR count). The number of nitrogens with two attached hydrogens (primary N) is 1. The fraction of sp³-hybridized carbons (Fsp3) is 0.500. The molecule has 2 N–H and O–H groups in total. The van der Waals surface area contributed by atoms with E-state index >= 15 is 0 Å². The first kappa shape index (κ1) is 11.6. The van der Waals surface area contributed by atoms with Crippen LogP contribution in [0.4, 0.5) is 0 Å². The lowest BCUT2D eigenvalue weighted by atomic mass is 10.4. The largest absolute Gasteiger partial charge is 0.277 e. The van der Waals surface area contributed by atoms with Crippen molar-refractivity contribution in [2.75, 3.05) is 0 Å². The van der Waals surface area contributed by atoms with Crippen LogP contribution >= 0.6 is 11.3 Å². The summed E-state index contributed by atoms with van der Waals surface area (Å²) in [5, 5.41) is 7.01. The van der Waals surface area contributed by atoms with Gasteiger partial charge in [0.25, 0.3) is 10.2 Å². The summed E-state index contributed by atoms with van der Waals surface area (Å²) in [7, 11) is -3.60. The van der Waals surface area contributed by atoms with Gasteiger partial charge < -0.3 is 0 Å². The van der Waals surface area contributed by atoms with E-state index in [9.17, 15) is 8.42 Å². The highest BCUT2D eigenvalue weighted by Crippen LogP contribution is 2.15. The van der Waals surface area contributed by atoms with Crippen LogP contribution in [-0.2, 0) is 16.8 Å². The van der Waals surface area contributed by atoms with Gasteiger partial charge in [-0.25, -0.2) is 5.14 Å². The second-order valence-electron chi connectivity index (χ2n) is 3.26. The summed E-state index contributed by atoms with van der Waals surface area (Å²) in [4.78, 5) is 0.993. The molecule has 0 amide bonds. The summed E-state index contributed by atoms with van der Waals surface area (Å²) in [6.45, 7) is 3.96. The number of thiophene rings is 1.